The van der Waals surface area contributed by atoms with Gasteiger partial charge in [-0.05, 0) is 37.0 Å². The summed E-state index contributed by atoms with van der Waals surface area (Å²) in [4.78, 5) is 22.3. The minimum absolute atomic E-state index is 0.118. The zero-order valence-corrected chi connectivity index (χ0v) is 14.9. The van der Waals surface area contributed by atoms with Crippen molar-refractivity contribution < 1.29 is 9.52 Å². The fraction of sp³-hybridized carbons (Fsp3) is 0.444. The van der Waals surface area contributed by atoms with Crippen molar-refractivity contribution >= 4 is 38.0 Å². The number of rotatable bonds is 2. The minimum Gasteiger partial charge on any atom is -0.449 e. The van der Waals surface area contributed by atoms with Crippen molar-refractivity contribution in [3.8, 4) is 0 Å². The summed E-state index contributed by atoms with van der Waals surface area (Å²) in [7, 11) is 0. The summed E-state index contributed by atoms with van der Waals surface area (Å²) in [5.41, 5.74) is 1.46. The highest BCUT2D eigenvalue weighted by Gasteiger charge is 2.77. The first-order valence-corrected chi connectivity index (χ1v) is 9.40. The molecule has 3 heterocycles. The van der Waals surface area contributed by atoms with Crippen molar-refractivity contribution in [3.05, 3.63) is 38.9 Å². The van der Waals surface area contributed by atoms with Crippen LogP contribution in [0.25, 0.3) is 22.1 Å². The van der Waals surface area contributed by atoms with E-state index in [1.807, 2.05) is 18.2 Å². The van der Waals surface area contributed by atoms with Crippen LogP contribution >= 0.6 is 15.9 Å². The van der Waals surface area contributed by atoms with E-state index in [-0.39, 0.29) is 22.7 Å². The summed E-state index contributed by atoms with van der Waals surface area (Å²) in [6.07, 6.45) is 2.13. The molecule has 1 aliphatic heterocycles. The van der Waals surface area contributed by atoms with Gasteiger partial charge in [-0.15, -0.1) is 0 Å². The number of hydrogen-bond donors (Lipinski definition) is 2. The standard InChI is InChI=1S/C18H16BrN3O3/c19-8-1-3-11-9(5-8)14-15(25-11)17(24)21-13(20-14)6-22-7-18-10(16(18)23)2-4-12(18)22/h1,3,5,10,12,16,23H,2,4,6-7H2,(H,20,21,24). The van der Waals surface area contributed by atoms with E-state index in [0.717, 1.165) is 29.2 Å². The maximum Gasteiger partial charge on any atom is 0.294 e. The maximum absolute atomic E-state index is 12.4. The number of nitrogens with zero attached hydrogens (tertiary/aromatic N) is 2. The molecule has 6 rings (SSSR count). The van der Waals surface area contributed by atoms with Gasteiger partial charge in [0.05, 0.1) is 12.6 Å². The summed E-state index contributed by atoms with van der Waals surface area (Å²) in [5, 5.41) is 10.9. The van der Waals surface area contributed by atoms with Crippen molar-refractivity contribution in [2.24, 2.45) is 11.3 Å². The summed E-state index contributed by atoms with van der Waals surface area (Å²) in [5.74, 6) is 1.16. The predicted octanol–water partition coefficient (Wildman–Crippen LogP) is 2.39. The van der Waals surface area contributed by atoms with Crippen molar-refractivity contribution in [1.29, 1.82) is 0 Å². The molecule has 128 valence electrons. The largest absolute Gasteiger partial charge is 0.449 e. The number of aliphatic hydroxyl groups excluding tert-OH is 1. The molecule has 2 N–H and O–H groups in total. The Balaban J connectivity index is 1.39. The lowest BCUT2D eigenvalue weighted by molar-refractivity contribution is -0.0322. The Hall–Kier alpha value is -1.70. The quantitative estimate of drug-likeness (QED) is 0.688. The SMILES string of the molecule is O=c1[nH]c(CN2CC34C(O)C3CCC24)nc2c1oc1ccc(Br)cc12. The van der Waals surface area contributed by atoms with Crippen molar-refractivity contribution in [3.63, 3.8) is 0 Å². The van der Waals surface area contributed by atoms with Gasteiger partial charge in [0.2, 0.25) is 5.58 Å². The summed E-state index contributed by atoms with van der Waals surface area (Å²) < 4.78 is 6.60. The van der Waals surface area contributed by atoms with E-state index in [2.05, 4.69) is 30.8 Å². The van der Waals surface area contributed by atoms with Crippen molar-refractivity contribution in [2.75, 3.05) is 6.54 Å². The molecule has 2 aliphatic carbocycles. The first-order valence-electron chi connectivity index (χ1n) is 8.61. The maximum atomic E-state index is 12.4. The number of aliphatic hydroxyl groups is 1. The molecular weight excluding hydrogens is 386 g/mol. The number of H-pyrrole nitrogens is 1. The Morgan fingerprint density at radius 3 is 3.16 bits per heavy atom. The monoisotopic (exact) mass is 401 g/mol. The van der Waals surface area contributed by atoms with Gasteiger partial charge in [-0.3, -0.25) is 9.69 Å². The van der Waals surface area contributed by atoms with Gasteiger partial charge in [0, 0.05) is 27.9 Å². The zero-order valence-electron chi connectivity index (χ0n) is 13.3. The molecule has 0 amide bonds. The molecule has 6 nitrogen and oxygen atoms in total. The number of benzene rings is 1. The lowest BCUT2D eigenvalue weighted by Crippen LogP contribution is -2.57. The molecule has 25 heavy (non-hydrogen) atoms. The molecule has 4 unspecified atom stereocenters. The van der Waals surface area contributed by atoms with Crippen LogP contribution in [0.1, 0.15) is 18.7 Å². The van der Waals surface area contributed by atoms with Gasteiger partial charge in [-0.1, -0.05) is 15.9 Å². The van der Waals surface area contributed by atoms with Crippen LogP contribution in [-0.4, -0.2) is 38.7 Å². The molecule has 4 atom stereocenters. The number of likely N-dealkylation sites (tertiary alicyclic amines) is 1. The van der Waals surface area contributed by atoms with Crippen LogP contribution in [0.2, 0.25) is 0 Å². The van der Waals surface area contributed by atoms with Gasteiger partial charge in [0.15, 0.2) is 0 Å². The van der Waals surface area contributed by atoms with E-state index in [1.54, 1.807) is 0 Å². The fourth-order valence-electron chi connectivity index (χ4n) is 5.29. The van der Waals surface area contributed by atoms with Gasteiger partial charge in [0.25, 0.3) is 5.56 Å². The lowest BCUT2D eigenvalue weighted by atomic mass is 9.85. The van der Waals surface area contributed by atoms with E-state index in [4.69, 9.17) is 4.42 Å². The number of fused-ring (bicyclic) bond motifs is 3. The van der Waals surface area contributed by atoms with Crippen LogP contribution in [0, 0.1) is 11.3 Å². The summed E-state index contributed by atoms with van der Waals surface area (Å²) >= 11 is 3.46. The predicted molar refractivity (Wildman–Crippen MR) is 95.2 cm³/mol. The van der Waals surface area contributed by atoms with Crippen LogP contribution in [0.4, 0.5) is 0 Å². The van der Waals surface area contributed by atoms with Crippen LogP contribution in [0.15, 0.2) is 31.9 Å². The van der Waals surface area contributed by atoms with E-state index < -0.39 is 0 Å². The Morgan fingerprint density at radius 1 is 1.44 bits per heavy atom. The average molecular weight is 402 g/mol. The Kier molecular flexibility index (Phi) is 2.62. The van der Waals surface area contributed by atoms with Gasteiger partial charge in [-0.2, -0.15) is 0 Å². The summed E-state index contributed by atoms with van der Waals surface area (Å²) in [6, 6.07) is 6.09. The van der Waals surface area contributed by atoms with Gasteiger partial charge < -0.3 is 14.5 Å². The van der Waals surface area contributed by atoms with Gasteiger partial charge in [-0.25, -0.2) is 4.98 Å². The zero-order chi connectivity index (χ0) is 16.9. The number of nitrogens with one attached hydrogen (secondary N) is 1. The van der Waals surface area contributed by atoms with Gasteiger partial charge in [0.1, 0.15) is 16.9 Å². The van der Waals surface area contributed by atoms with Crippen molar-refractivity contribution in [1.82, 2.24) is 14.9 Å². The molecule has 3 aromatic rings. The fourth-order valence-corrected chi connectivity index (χ4v) is 5.65. The average Bonchev–Trinajstić information content (AvgIpc) is 2.89. The molecule has 3 fully saturated rings. The Morgan fingerprint density at radius 2 is 2.32 bits per heavy atom. The molecule has 2 aromatic heterocycles. The molecule has 1 aromatic carbocycles. The number of furan rings is 1. The van der Waals surface area contributed by atoms with Gasteiger partial charge >= 0.3 is 0 Å². The topological polar surface area (TPSA) is 82.4 Å². The van der Waals surface area contributed by atoms with Crippen molar-refractivity contribution in [2.45, 2.75) is 31.5 Å². The second kappa shape index (κ2) is 4.52. The molecule has 1 saturated heterocycles. The summed E-state index contributed by atoms with van der Waals surface area (Å²) in [6.45, 7) is 1.51. The molecule has 1 spiro atoms. The number of hydrogen-bond acceptors (Lipinski definition) is 5. The third-order valence-electron chi connectivity index (χ3n) is 6.49. The lowest BCUT2D eigenvalue weighted by Gasteiger charge is -2.47. The molecule has 0 radical (unpaired) electrons. The third-order valence-corrected chi connectivity index (χ3v) is 6.98. The molecule has 2 saturated carbocycles. The van der Waals surface area contributed by atoms with E-state index in [9.17, 15) is 9.90 Å². The number of aromatic nitrogens is 2. The second-order valence-corrected chi connectivity index (χ2v) is 8.51. The normalized spacial score (nSPS) is 33.4. The minimum atomic E-state index is -0.238. The highest BCUT2D eigenvalue weighted by molar-refractivity contribution is 9.10. The Bertz CT molecular complexity index is 1110. The first-order chi connectivity index (χ1) is 12.1. The molecule has 0 bridgehead atoms. The second-order valence-electron chi connectivity index (χ2n) is 7.59. The van der Waals surface area contributed by atoms with Crippen LogP contribution < -0.4 is 5.56 Å². The van der Waals surface area contributed by atoms with Crippen LogP contribution in [0.5, 0.6) is 0 Å². The highest BCUT2D eigenvalue weighted by Crippen LogP contribution is 2.70. The first kappa shape index (κ1) is 14.5. The van der Waals surface area contributed by atoms with E-state index >= 15 is 0 Å². The van der Waals surface area contributed by atoms with E-state index in [0.29, 0.717) is 35.4 Å². The smallest absolute Gasteiger partial charge is 0.294 e. The third kappa shape index (κ3) is 1.71. The highest BCUT2D eigenvalue weighted by atomic mass is 79.9. The van der Waals surface area contributed by atoms with Crippen LogP contribution in [-0.2, 0) is 6.54 Å². The number of halogens is 1. The molecule has 7 heteroatoms. The Labute approximate surface area is 151 Å². The van der Waals surface area contributed by atoms with Crippen LogP contribution in [0.3, 0.4) is 0 Å². The molecule has 3 aliphatic rings. The molecular formula is C18H16BrN3O3. The van der Waals surface area contributed by atoms with E-state index in [1.165, 1.54) is 0 Å². The number of aromatic amines is 1.